The Balaban J connectivity index is 1.43. The lowest BCUT2D eigenvalue weighted by Crippen LogP contribution is -2.11. The van der Waals surface area contributed by atoms with Gasteiger partial charge in [0.15, 0.2) is 5.01 Å². The summed E-state index contributed by atoms with van der Waals surface area (Å²) in [5.41, 5.74) is 2.78. The summed E-state index contributed by atoms with van der Waals surface area (Å²) in [6.45, 7) is 0. The Hall–Kier alpha value is -3.84. The summed E-state index contributed by atoms with van der Waals surface area (Å²) < 4.78 is 0.976. The quantitative estimate of drug-likeness (QED) is 0.470. The van der Waals surface area contributed by atoms with Gasteiger partial charge in [0.05, 0.1) is 21.3 Å². The minimum atomic E-state index is -0.244. The molecule has 2 N–H and O–H groups in total. The van der Waals surface area contributed by atoms with Crippen LogP contribution in [0.4, 0.5) is 5.69 Å². The molecule has 29 heavy (non-hydrogen) atoms. The van der Waals surface area contributed by atoms with Crippen LogP contribution in [-0.4, -0.2) is 21.1 Å². The number of carbonyl (C=O) groups is 1. The smallest absolute Gasteiger partial charge is 0.284 e. The van der Waals surface area contributed by atoms with Crippen molar-refractivity contribution in [3.05, 3.63) is 88.2 Å². The van der Waals surface area contributed by atoms with E-state index in [0.717, 1.165) is 21.2 Å². The summed E-state index contributed by atoms with van der Waals surface area (Å²) in [6.07, 6.45) is 0. The number of amides is 1. The summed E-state index contributed by atoms with van der Waals surface area (Å²) in [5, 5.41) is 11.4. The van der Waals surface area contributed by atoms with Gasteiger partial charge in [-0.15, -0.1) is 11.3 Å². The number of hydrogen-bond donors (Lipinski definition) is 2. The highest BCUT2D eigenvalue weighted by Crippen LogP contribution is 2.26. The highest BCUT2D eigenvalue weighted by Gasteiger charge is 2.13. The molecule has 0 aliphatic heterocycles. The first-order chi connectivity index (χ1) is 14.2. The van der Waals surface area contributed by atoms with E-state index in [1.807, 2.05) is 66.7 Å². The lowest BCUT2D eigenvalue weighted by molar-refractivity contribution is 0.102. The zero-order valence-corrected chi connectivity index (χ0v) is 15.9. The summed E-state index contributed by atoms with van der Waals surface area (Å²) >= 11 is 1.36. The average molecular weight is 398 g/mol. The molecule has 0 spiro atoms. The van der Waals surface area contributed by atoms with Crippen LogP contribution in [0.1, 0.15) is 9.80 Å². The molecule has 0 saturated carbocycles. The zero-order valence-electron chi connectivity index (χ0n) is 15.0. The number of anilines is 1. The van der Waals surface area contributed by atoms with Crippen molar-refractivity contribution in [1.29, 1.82) is 0 Å². The number of hydrogen-bond acceptors (Lipinski definition) is 5. The van der Waals surface area contributed by atoms with Gasteiger partial charge >= 0.3 is 0 Å². The number of thiazole rings is 1. The van der Waals surface area contributed by atoms with E-state index in [1.165, 1.54) is 11.3 Å². The van der Waals surface area contributed by atoms with Crippen molar-refractivity contribution in [1.82, 2.24) is 15.2 Å². The molecule has 0 bridgehead atoms. The topological polar surface area (TPSA) is 87.7 Å². The lowest BCUT2D eigenvalue weighted by atomic mass is 10.0. The van der Waals surface area contributed by atoms with E-state index in [0.29, 0.717) is 21.8 Å². The highest BCUT2D eigenvalue weighted by atomic mass is 32.1. The van der Waals surface area contributed by atoms with Gasteiger partial charge in [-0.3, -0.25) is 9.59 Å². The van der Waals surface area contributed by atoms with Crippen LogP contribution in [0, 0.1) is 0 Å². The first-order valence-corrected chi connectivity index (χ1v) is 9.75. The Kier molecular flexibility index (Phi) is 4.14. The van der Waals surface area contributed by atoms with Crippen LogP contribution in [0.15, 0.2) is 77.6 Å². The predicted molar refractivity (Wildman–Crippen MR) is 115 cm³/mol. The average Bonchev–Trinajstić information content (AvgIpc) is 3.20. The predicted octanol–water partition coefficient (Wildman–Crippen LogP) is 4.45. The van der Waals surface area contributed by atoms with Crippen molar-refractivity contribution in [2.24, 2.45) is 0 Å². The van der Waals surface area contributed by atoms with Gasteiger partial charge in [0.1, 0.15) is 0 Å². The second kappa shape index (κ2) is 6.96. The number of fused-ring (bicyclic) bond motifs is 2. The summed E-state index contributed by atoms with van der Waals surface area (Å²) in [7, 11) is 0. The Morgan fingerprint density at radius 2 is 1.62 bits per heavy atom. The molecule has 2 aromatic heterocycles. The summed E-state index contributed by atoms with van der Waals surface area (Å²) in [5.74, 6) is -0.244. The van der Waals surface area contributed by atoms with E-state index in [9.17, 15) is 9.59 Å². The van der Waals surface area contributed by atoms with Crippen molar-refractivity contribution in [2.75, 3.05) is 5.32 Å². The number of rotatable bonds is 3. The van der Waals surface area contributed by atoms with Gasteiger partial charge in [-0.1, -0.05) is 42.5 Å². The Labute approximate surface area is 168 Å². The number of benzene rings is 3. The fourth-order valence-corrected chi connectivity index (χ4v) is 4.06. The van der Waals surface area contributed by atoms with Gasteiger partial charge in [-0.05, 0) is 30.3 Å². The number of nitrogens with zero attached hydrogens (tertiary/aromatic N) is 2. The molecule has 0 atom stereocenters. The molecular weight excluding hydrogens is 384 g/mol. The monoisotopic (exact) mass is 398 g/mol. The Morgan fingerprint density at radius 3 is 2.41 bits per heavy atom. The molecule has 1 amide bonds. The summed E-state index contributed by atoms with van der Waals surface area (Å²) in [6, 6.07) is 22.3. The third-order valence-corrected chi connectivity index (χ3v) is 5.64. The van der Waals surface area contributed by atoms with E-state index in [4.69, 9.17) is 0 Å². The van der Waals surface area contributed by atoms with Crippen LogP contribution in [-0.2, 0) is 0 Å². The fraction of sp³-hybridized carbons (Fsp3) is 0. The molecule has 140 valence electrons. The second-order valence-electron chi connectivity index (χ2n) is 6.47. The van der Waals surface area contributed by atoms with E-state index in [2.05, 4.69) is 20.5 Å². The van der Waals surface area contributed by atoms with Gasteiger partial charge in [0.2, 0.25) is 0 Å². The molecule has 5 aromatic rings. The largest absolute Gasteiger partial charge is 0.320 e. The van der Waals surface area contributed by atoms with Crippen molar-refractivity contribution in [3.8, 4) is 11.3 Å². The molecule has 0 saturated heterocycles. The SMILES string of the molecule is O=C(Nc1ccc(-c2n[nH]c(=O)c3ccccc23)cc1)c1nc2ccccc2s1. The molecule has 5 rings (SSSR count). The maximum Gasteiger partial charge on any atom is 0.284 e. The number of nitrogens with one attached hydrogen (secondary N) is 2. The molecule has 0 aliphatic carbocycles. The molecular formula is C22H14N4O2S. The number of aromatic amines is 1. The first kappa shape index (κ1) is 17.3. The minimum Gasteiger partial charge on any atom is -0.320 e. The van der Waals surface area contributed by atoms with Crippen molar-refractivity contribution < 1.29 is 4.79 Å². The van der Waals surface area contributed by atoms with Crippen LogP contribution in [0.2, 0.25) is 0 Å². The third-order valence-electron chi connectivity index (χ3n) is 4.60. The van der Waals surface area contributed by atoms with Crippen molar-refractivity contribution >= 4 is 43.9 Å². The maximum absolute atomic E-state index is 12.5. The van der Waals surface area contributed by atoms with Crippen molar-refractivity contribution in [3.63, 3.8) is 0 Å². The number of para-hydroxylation sites is 1. The summed E-state index contributed by atoms with van der Waals surface area (Å²) in [4.78, 5) is 28.9. The van der Waals surface area contributed by atoms with Gasteiger partial charge in [0.25, 0.3) is 11.5 Å². The van der Waals surface area contributed by atoms with Gasteiger partial charge < -0.3 is 5.32 Å². The molecule has 7 heteroatoms. The van der Waals surface area contributed by atoms with Crippen LogP contribution < -0.4 is 10.9 Å². The minimum absolute atomic E-state index is 0.218. The van der Waals surface area contributed by atoms with Crippen LogP contribution in [0.3, 0.4) is 0 Å². The first-order valence-electron chi connectivity index (χ1n) is 8.94. The van der Waals surface area contributed by atoms with E-state index >= 15 is 0 Å². The molecule has 0 radical (unpaired) electrons. The van der Waals surface area contributed by atoms with Gasteiger partial charge in [-0.2, -0.15) is 5.10 Å². The van der Waals surface area contributed by atoms with Gasteiger partial charge in [0, 0.05) is 16.6 Å². The molecule has 0 fully saturated rings. The number of H-pyrrole nitrogens is 1. The molecule has 0 unspecified atom stereocenters. The van der Waals surface area contributed by atoms with E-state index < -0.39 is 0 Å². The van der Waals surface area contributed by atoms with E-state index in [-0.39, 0.29) is 11.5 Å². The molecule has 2 heterocycles. The lowest BCUT2D eigenvalue weighted by Gasteiger charge is -2.07. The fourth-order valence-electron chi connectivity index (χ4n) is 3.20. The Morgan fingerprint density at radius 1 is 0.897 bits per heavy atom. The highest BCUT2D eigenvalue weighted by molar-refractivity contribution is 7.20. The van der Waals surface area contributed by atoms with Crippen molar-refractivity contribution in [2.45, 2.75) is 0 Å². The van der Waals surface area contributed by atoms with Gasteiger partial charge in [-0.25, -0.2) is 10.1 Å². The number of carbonyl (C=O) groups excluding carboxylic acids is 1. The van der Waals surface area contributed by atoms with Crippen LogP contribution >= 0.6 is 11.3 Å². The molecule has 3 aromatic carbocycles. The van der Waals surface area contributed by atoms with E-state index in [1.54, 1.807) is 6.07 Å². The maximum atomic E-state index is 12.5. The molecule has 6 nitrogen and oxygen atoms in total. The van der Waals surface area contributed by atoms with Crippen LogP contribution in [0.5, 0.6) is 0 Å². The number of aromatic nitrogens is 3. The standard InChI is InChI=1S/C22H14N4O2S/c27-20-16-6-2-1-5-15(16)19(25-26-20)13-9-11-14(12-10-13)23-21(28)22-24-17-7-3-4-8-18(17)29-22/h1-12H,(H,23,28)(H,26,27). The zero-order chi connectivity index (χ0) is 19.8. The normalized spacial score (nSPS) is 11.0. The Bertz CT molecular complexity index is 1390. The molecule has 0 aliphatic rings. The van der Waals surface area contributed by atoms with Crippen LogP contribution in [0.25, 0.3) is 32.2 Å². The third kappa shape index (κ3) is 3.17. The second-order valence-corrected chi connectivity index (χ2v) is 7.50.